The van der Waals surface area contributed by atoms with E-state index in [2.05, 4.69) is 4.74 Å². The summed E-state index contributed by atoms with van der Waals surface area (Å²) in [7, 11) is 0. The summed E-state index contributed by atoms with van der Waals surface area (Å²) in [6.07, 6.45) is -0.566. The highest BCUT2D eigenvalue weighted by Gasteiger charge is 2.28. The van der Waals surface area contributed by atoms with Gasteiger partial charge in [-0.1, -0.05) is 60.7 Å². The summed E-state index contributed by atoms with van der Waals surface area (Å²) in [5.41, 5.74) is 2.03. The van der Waals surface area contributed by atoms with E-state index in [9.17, 15) is 26.7 Å². The van der Waals surface area contributed by atoms with Crippen molar-refractivity contribution in [1.82, 2.24) is 0 Å². The molecule has 0 radical (unpaired) electrons. The molecule has 0 saturated heterocycles. The van der Waals surface area contributed by atoms with Gasteiger partial charge in [-0.3, -0.25) is 4.79 Å². The highest BCUT2D eigenvalue weighted by molar-refractivity contribution is 5.75. The van der Waals surface area contributed by atoms with Crippen LogP contribution in [0.15, 0.2) is 78.9 Å². The minimum absolute atomic E-state index is 0.206. The van der Waals surface area contributed by atoms with Crippen molar-refractivity contribution in [2.45, 2.75) is 19.6 Å². The third-order valence-electron chi connectivity index (χ3n) is 5.17. The molecule has 37 heavy (non-hydrogen) atoms. The standard InChI is InChI=1S/C28H19F5O4/c29-23-24(30)26(32)28(27(33)25(23)31)37-22(34)13-19-11-20(35-15-17-7-3-1-4-8-17)14-21(12-19)36-16-18-9-5-2-6-10-18/h1-12,14H,13,15-16H2. The van der Waals surface area contributed by atoms with Crippen molar-refractivity contribution in [1.29, 1.82) is 0 Å². The molecule has 0 unspecified atom stereocenters. The summed E-state index contributed by atoms with van der Waals surface area (Å²) >= 11 is 0. The lowest BCUT2D eigenvalue weighted by Crippen LogP contribution is -2.15. The van der Waals surface area contributed by atoms with Gasteiger partial charge in [0.1, 0.15) is 24.7 Å². The maximum atomic E-state index is 13.9. The molecule has 9 heteroatoms. The first-order valence-corrected chi connectivity index (χ1v) is 11.0. The van der Waals surface area contributed by atoms with E-state index in [1.807, 2.05) is 60.7 Å². The lowest BCUT2D eigenvalue weighted by molar-refractivity contribution is -0.134. The third-order valence-corrected chi connectivity index (χ3v) is 5.17. The average Bonchev–Trinajstić information content (AvgIpc) is 2.92. The first kappa shape index (κ1) is 25.7. The third kappa shape index (κ3) is 6.43. The van der Waals surface area contributed by atoms with Gasteiger partial charge in [-0.2, -0.15) is 8.78 Å². The lowest BCUT2D eigenvalue weighted by atomic mass is 10.1. The Kier molecular flexibility index (Phi) is 8.02. The number of carbonyl (C=O) groups is 1. The fraction of sp³-hybridized carbons (Fsp3) is 0.107. The lowest BCUT2D eigenvalue weighted by Gasteiger charge is -2.13. The molecule has 0 saturated carbocycles. The van der Waals surface area contributed by atoms with Crippen LogP contribution in [-0.4, -0.2) is 5.97 Å². The average molecular weight is 514 g/mol. The van der Waals surface area contributed by atoms with E-state index in [1.165, 1.54) is 12.1 Å². The van der Waals surface area contributed by atoms with Gasteiger partial charge in [0.15, 0.2) is 0 Å². The van der Waals surface area contributed by atoms with Crippen LogP contribution in [0.4, 0.5) is 22.0 Å². The van der Waals surface area contributed by atoms with E-state index >= 15 is 0 Å². The van der Waals surface area contributed by atoms with Crippen LogP contribution in [0.2, 0.25) is 0 Å². The zero-order valence-electron chi connectivity index (χ0n) is 19.1. The largest absolute Gasteiger partial charge is 0.489 e. The van der Waals surface area contributed by atoms with Crippen LogP contribution in [0.3, 0.4) is 0 Å². The Hall–Kier alpha value is -4.40. The van der Waals surface area contributed by atoms with Gasteiger partial charge >= 0.3 is 5.97 Å². The van der Waals surface area contributed by atoms with E-state index in [0.29, 0.717) is 11.5 Å². The van der Waals surface area contributed by atoms with Gasteiger partial charge in [0.2, 0.25) is 34.8 Å². The zero-order chi connectivity index (χ0) is 26.4. The first-order valence-electron chi connectivity index (χ1n) is 11.0. The summed E-state index contributed by atoms with van der Waals surface area (Å²) in [5.74, 6) is -13.5. The molecule has 0 amide bonds. The molecule has 0 N–H and O–H groups in total. The Labute approximate surface area is 208 Å². The number of rotatable bonds is 9. The normalized spacial score (nSPS) is 10.7. The summed E-state index contributed by atoms with van der Waals surface area (Å²) in [4.78, 5) is 12.4. The summed E-state index contributed by atoms with van der Waals surface area (Å²) < 4.78 is 84.1. The van der Waals surface area contributed by atoms with E-state index in [0.717, 1.165) is 11.1 Å². The number of benzene rings is 4. The number of hydrogen-bond acceptors (Lipinski definition) is 4. The number of carbonyl (C=O) groups excluding carboxylic acids is 1. The van der Waals surface area contributed by atoms with E-state index in [-0.39, 0.29) is 18.8 Å². The van der Waals surface area contributed by atoms with E-state index < -0.39 is 47.2 Å². The highest BCUT2D eigenvalue weighted by Crippen LogP contribution is 2.30. The summed E-state index contributed by atoms with van der Waals surface area (Å²) in [6.45, 7) is 0.412. The second-order valence-electron chi connectivity index (χ2n) is 7.91. The van der Waals surface area contributed by atoms with Crippen molar-refractivity contribution in [3.8, 4) is 17.2 Å². The molecule has 4 aromatic carbocycles. The molecule has 0 fully saturated rings. The smallest absolute Gasteiger partial charge is 0.315 e. The number of hydrogen-bond donors (Lipinski definition) is 0. The molecule has 4 nitrogen and oxygen atoms in total. The van der Waals surface area contributed by atoms with Gasteiger partial charge in [-0.25, -0.2) is 13.2 Å². The molecule has 0 aliphatic carbocycles. The molecular formula is C28H19F5O4. The number of esters is 1. The Morgan fingerprint density at radius 1 is 0.568 bits per heavy atom. The fourth-order valence-corrected chi connectivity index (χ4v) is 3.37. The minimum atomic E-state index is -2.35. The second-order valence-corrected chi connectivity index (χ2v) is 7.91. The fourth-order valence-electron chi connectivity index (χ4n) is 3.37. The molecule has 4 aromatic rings. The van der Waals surface area contributed by atoms with Crippen molar-refractivity contribution < 1.29 is 41.0 Å². The minimum Gasteiger partial charge on any atom is -0.489 e. The molecule has 0 atom stereocenters. The zero-order valence-corrected chi connectivity index (χ0v) is 19.1. The van der Waals surface area contributed by atoms with Gasteiger partial charge in [0, 0.05) is 6.07 Å². The molecule has 0 aliphatic rings. The SMILES string of the molecule is O=C(Cc1cc(OCc2ccccc2)cc(OCc2ccccc2)c1)Oc1c(F)c(F)c(F)c(F)c1F. The van der Waals surface area contributed by atoms with Gasteiger partial charge in [0.05, 0.1) is 6.42 Å². The highest BCUT2D eigenvalue weighted by atomic mass is 19.2. The van der Waals surface area contributed by atoms with Gasteiger partial charge in [0.25, 0.3) is 0 Å². The first-order chi connectivity index (χ1) is 17.8. The van der Waals surface area contributed by atoms with Crippen molar-refractivity contribution >= 4 is 5.97 Å². The predicted octanol–water partition coefficient (Wildman–Crippen LogP) is 6.69. The molecule has 0 aromatic heterocycles. The molecular weight excluding hydrogens is 495 g/mol. The van der Waals surface area contributed by atoms with E-state index in [4.69, 9.17) is 9.47 Å². The van der Waals surface area contributed by atoms with Gasteiger partial charge < -0.3 is 14.2 Å². The second kappa shape index (κ2) is 11.6. The summed E-state index contributed by atoms with van der Waals surface area (Å²) in [6, 6.07) is 23.1. The quantitative estimate of drug-likeness (QED) is 0.0821. The molecule has 4 rings (SSSR count). The van der Waals surface area contributed by atoms with Crippen molar-refractivity contribution in [3.63, 3.8) is 0 Å². The molecule has 0 aliphatic heterocycles. The van der Waals surface area contributed by atoms with Crippen LogP contribution in [0, 0.1) is 29.1 Å². The predicted molar refractivity (Wildman–Crippen MR) is 124 cm³/mol. The topological polar surface area (TPSA) is 44.8 Å². The van der Waals surface area contributed by atoms with Crippen molar-refractivity contribution in [2.75, 3.05) is 0 Å². The molecule has 0 spiro atoms. The monoisotopic (exact) mass is 514 g/mol. The van der Waals surface area contributed by atoms with Crippen LogP contribution < -0.4 is 14.2 Å². The number of halogens is 5. The van der Waals surface area contributed by atoms with Crippen LogP contribution in [0.25, 0.3) is 0 Å². The van der Waals surface area contributed by atoms with Crippen LogP contribution >= 0.6 is 0 Å². The van der Waals surface area contributed by atoms with Gasteiger partial charge in [-0.05, 0) is 28.8 Å². The maximum Gasteiger partial charge on any atom is 0.315 e. The summed E-state index contributed by atoms with van der Waals surface area (Å²) in [5, 5.41) is 0. The van der Waals surface area contributed by atoms with Crippen LogP contribution in [0.1, 0.15) is 16.7 Å². The van der Waals surface area contributed by atoms with Gasteiger partial charge in [-0.15, -0.1) is 0 Å². The maximum absolute atomic E-state index is 13.9. The van der Waals surface area contributed by atoms with Crippen molar-refractivity contribution in [3.05, 3.63) is 125 Å². The Morgan fingerprint density at radius 2 is 1.00 bits per heavy atom. The van der Waals surface area contributed by atoms with Crippen LogP contribution in [-0.2, 0) is 24.4 Å². The molecule has 0 heterocycles. The number of ether oxygens (including phenoxy) is 3. The Balaban J connectivity index is 1.54. The Morgan fingerprint density at radius 3 is 1.46 bits per heavy atom. The van der Waals surface area contributed by atoms with Crippen molar-refractivity contribution in [2.24, 2.45) is 0 Å². The van der Waals surface area contributed by atoms with E-state index in [1.54, 1.807) is 6.07 Å². The molecule has 0 bridgehead atoms. The molecule has 190 valence electrons. The Bertz CT molecular complexity index is 1300. The van der Waals surface area contributed by atoms with Crippen LogP contribution in [0.5, 0.6) is 17.2 Å².